The third-order valence-corrected chi connectivity index (χ3v) is 4.25. The summed E-state index contributed by atoms with van der Waals surface area (Å²) in [6, 6.07) is 21.8. The quantitative estimate of drug-likeness (QED) is 0.213. The molecule has 0 spiro atoms. The van der Waals surface area contributed by atoms with Gasteiger partial charge in [0.2, 0.25) is 0 Å². The molecule has 3 aromatic rings. The van der Waals surface area contributed by atoms with E-state index in [0.29, 0.717) is 28.0 Å². The molecule has 0 heterocycles. The lowest BCUT2D eigenvalue weighted by Gasteiger charge is -2.10. The molecule has 3 aromatic carbocycles. The zero-order valence-corrected chi connectivity index (χ0v) is 15.7. The summed E-state index contributed by atoms with van der Waals surface area (Å²) in [5.74, 6) is -0.486. The Morgan fingerprint density at radius 3 is 2.28 bits per heavy atom. The SMILES string of the molecule is CC(=O)c1cccc(NC(=O)/C(=C/c2cccc([N+](=O)[O-])c2)c2ccccc2)c1. The number of nitro benzene ring substituents is 1. The highest BCUT2D eigenvalue weighted by molar-refractivity contribution is 6.29. The summed E-state index contributed by atoms with van der Waals surface area (Å²) >= 11 is 0. The Morgan fingerprint density at radius 2 is 1.59 bits per heavy atom. The van der Waals surface area contributed by atoms with Gasteiger partial charge in [0, 0.05) is 29.0 Å². The van der Waals surface area contributed by atoms with Crippen molar-refractivity contribution in [2.24, 2.45) is 0 Å². The van der Waals surface area contributed by atoms with E-state index in [1.165, 1.54) is 19.1 Å². The minimum Gasteiger partial charge on any atom is -0.322 e. The number of carbonyl (C=O) groups is 2. The lowest BCUT2D eigenvalue weighted by molar-refractivity contribution is -0.384. The number of nitrogens with one attached hydrogen (secondary N) is 1. The number of rotatable bonds is 6. The van der Waals surface area contributed by atoms with Crippen LogP contribution in [0.3, 0.4) is 0 Å². The lowest BCUT2D eigenvalue weighted by atomic mass is 10.0. The van der Waals surface area contributed by atoms with E-state index in [4.69, 9.17) is 0 Å². The number of anilines is 1. The van der Waals surface area contributed by atoms with Crippen LogP contribution in [0.15, 0.2) is 78.9 Å². The number of nitrogens with zero attached hydrogens (tertiary/aromatic N) is 1. The van der Waals surface area contributed by atoms with Crippen molar-refractivity contribution < 1.29 is 14.5 Å². The Kier molecular flexibility index (Phi) is 5.94. The second kappa shape index (κ2) is 8.75. The summed E-state index contributed by atoms with van der Waals surface area (Å²) < 4.78 is 0. The third kappa shape index (κ3) is 5.01. The average Bonchev–Trinajstić information content (AvgIpc) is 2.73. The van der Waals surface area contributed by atoms with Crippen molar-refractivity contribution in [3.8, 4) is 0 Å². The van der Waals surface area contributed by atoms with E-state index in [0.717, 1.165) is 0 Å². The number of benzene rings is 3. The summed E-state index contributed by atoms with van der Waals surface area (Å²) in [4.78, 5) is 35.2. The maximum Gasteiger partial charge on any atom is 0.270 e. The smallest absolute Gasteiger partial charge is 0.270 e. The highest BCUT2D eigenvalue weighted by Gasteiger charge is 2.14. The van der Waals surface area contributed by atoms with Gasteiger partial charge < -0.3 is 5.32 Å². The second-order valence-corrected chi connectivity index (χ2v) is 6.37. The Bertz CT molecular complexity index is 1100. The number of carbonyl (C=O) groups excluding carboxylic acids is 2. The molecule has 0 atom stereocenters. The van der Waals surface area contributed by atoms with E-state index in [1.807, 2.05) is 6.07 Å². The third-order valence-electron chi connectivity index (χ3n) is 4.25. The number of amides is 1. The maximum absolute atomic E-state index is 13.0. The van der Waals surface area contributed by atoms with Gasteiger partial charge in [-0.05, 0) is 36.3 Å². The first kappa shape index (κ1) is 19.7. The van der Waals surface area contributed by atoms with Gasteiger partial charge in [0.1, 0.15) is 0 Å². The largest absolute Gasteiger partial charge is 0.322 e. The zero-order valence-electron chi connectivity index (χ0n) is 15.7. The van der Waals surface area contributed by atoms with Gasteiger partial charge in [0.15, 0.2) is 5.78 Å². The molecular weight excluding hydrogens is 368 g/mol. The Hall–Kier alpha value is -4.06. The van der Waals surface area contributed by atoms with Gasteiger partial charge in [-0.2, -0.15) is 0 Å². The van der Waals surface area contributed by atoms with Crippen molar-refractivity contribution >= 4 is 34.7 Å². The van der Waals surface area contributed by atoms with Gasteiger partial charge in [-0.3, -0.25) is 19.7 Å². The molecule has 0 saturated heterocycles. The first-order valence-electron chi connectivity index (χ1n) is 8.88. The molecule has 3 rings (SSSR count). The van der Waals surface area contributed by atoms with Crippen molar-refractivity contribution in [3.05, 3.63) is 106 Å². The number of ketones is 1. The minimum atomic E-state index is -0.479. The summed E-state index contributed by atoms with van der Waals surface area (Å²) in [7, 11) is 0. The lowest BCUT2D eigenvalue weighted by Crippen LogP contribution is -2.14. The standard InChI is InChI=1S/C23H18N2O4/c1-16(26)19-10-6-11-20(15-19)24-23(27)22(18-8-3-2-4-9-18)14-17-7-5-12-21(13-17)25(28)29/h2-15H,1H3,(H,24,27)/b22-14+. The van der Waals surface area contributed by atoms with E-state index in [9.17, 15) is 19.7 Å². The van der Waals surface area contributed by atoms with Crippen molar-refractivity contribution in [2.45, 2.75) is 6.92 Å². The predicted molar refractivity (Wildman–Crippen MR) is 112 cm³/mol. The molecule has 0 aliphatic rings. The first-order valence-corrected chi connectivity index (χ1v) is 8.88. The molecular formula is C23H18N2O4. The minimum absolute atomic E-state index is 0.0549. The van der Waals surface area contributed by atoms with Crippen LogP contribution in [0.4, 0.5) is 11.4 Å². The molecule has 0 bridgehead atoms. The topological polar surface area (TPSA) is 89.3 Å². The van der Waals surface area contributed by atoms with Crippen LogP contribution in [-0.2, 0) is 4.79 Å². The van der Waals surface area contributed by atoms with Crippen LogP contribution >= 0.6 is 0 Å². The van der Waals surface area contributed by atoms with E-state index in [1.54, 1.807) is 66.7 Å². The van der Waals surface area contributed by atoms with Gasteiger partial charge >= 0.3 is 0 Å². The normalized spacial score (nSPS) is 11.0. The molecule has 0 unspecified atom stereocenters. The van der Waals surface area contributed by atoms with E-state index in [2.05, 4.69) is 5.32 Å². The van der Waals surface area contributed by atoms with E-state index < -0.39 is 4.92 Å². The zero-order chi connectivity index (χ0) is 20.8. The molecule has 0 radical (unpaired) electrons. The molecule has 29 heavy (non-hydrogen) atoms. The molecule has 6 heteroatoms. The molecule has 0 aliphatic carbocycles. The monoisotopic (exact) mass is 386 g/mol. The van der Waals surface area contributed by atoms with Crippen molar-refractivity contribution in [1.29, 1.82) is 0 Å². The van der Waals surface area contributed by atoms with Crippen LogP contribution < -0.4 is 5.32 Å². The average molecular weight is 386 g/mol. The summed E-state index contributed by atoms with van der Waals surface area (Å²) in [6.45, 7) is 1.46. The highest BCUT2D eigenvalue weighted by Crippen LogP contribution is 2.23. The van der Waals surface area contributed by atoms with Crippen LogP contribution in [0.25, 0.3) is 11.6 Å². The van der Waals surface area contributed by atoms with Crippen LogP contribution in [0.2, 0.25) is 0 Å². The maximum atomic E-state index is 13.0. The van der Waals surface area contributed by atoms with E-state index in [-0.39, 0.29) is 17.4 Å². The van der Waals surface area contributed by atoms with Gasteiger partial charge in [-0.15, -0.1) is 0 Å². The number of nitro groups is 1. The van der Waals surface area contributed by atoms with Crippen molar-refractivity contribution in [2.75, 3.05) is 5.32 Å². The number of hydrogen-bond donors (Lipinski definition) is 1. The first-order chi connectivity index (χ1) is 13.9. The number of hydrogen-bond acceptors (Lipinski definition) is 4. The summed E-state index contributed by atoms with van der Waals surface area (Å²) in [5.41, 5.74) is 2.47. The molecule has 0 fully saturated rings. The molecule has 6 nitrogen and oxygen atoms in total. The van der Waals surface area contributed by atoms with Crippen LogP contribution in [0.1, 0.15) is 28.4 Å². The van der Waals surface area contributed by atoms with Crippen LogP contribution in [-0.4, -0.2) is 16.6 Å². The fourth-order valence-electron chi connectivity index (χ4n) is 2.81. The fourth-order valence-corrected chi connectivity index (χ4v) is 2.81. The van der Waals surface area contributed by atoms with Gasteiger partial charge in [-0.25, -0.2) is 0 Å². The molecule has 0 aliphatic heterocycles. The van der Waals surface area contributed by atoms with Gasteiger partial charge in [-0.1, -0.05) is 54.6 Å². The predicted octanol–water partition coefficient (Wildman–Crippen LogP) is 4.98. The van der Waals surface area contributed by atoms with Crippen molar-refractivity contribution in [1.82, 2.24) is 0 Å². The van der Waals surface area contributed by atoms with Crippen LogP contribution in [0.5, 0.6) is 0 Å². The molecule has 0 saturated carbocycles. The summed E-state index contributed by atoms with van der Waals surface area (Å²) in [6.07, 6.45) is 1.60. The Balaban J connectivity index is 1.99. The second-order valence-electron chi connectivity index (χ2n) is 6.37. The Morgan fingerprint density at radius 1 is 0.897 bits per heavy atom. The number of non-ortho nitro benzene ring substituents is 1. The Labute approximate surface area is 167 Å². The fraction of sp³-hybridized carbons (Fsp3) is 0.0435. The van der Waals surface area contributed by atoms with Crippen LogP contribution in [0, 0.1) is 10.1 Å². The highest BCUT2D eigenvalue weighted by atomic mass is 16.6. The molecule has 144 valence electrons. The van der Waals surface area contributed by atoms with E-state index >= 15 is 0 Å². The molecule has 0 aromatic heterocycles. The molecule has 1 amide bonds. The van der Waals surface area contributed by atoms with Gasteiger partial charge in [0.25, 0.3) is 11.6 Å². The van der Waals surface area contributed by atoms with Gasteiger partial charge in [0.05, 0.1) is 4.92 Å². The number of Topliss-reactive ketones (excluding diaryl/α,β-unsaturated/α-hetero) is 1. The van der Waals surface area contributed by atoms with Crippen molar-refractivity contribution in [3.63, 3.8) is 0 Å². The molecule has 1 N–H and O–H groups in total. The summed E-state index contributed by atoms with van der Waals surface area (Å²) in [5, 5.41) is 13.8.